The van der Waals surface area contributed by atoms with Crippen molar-refractivity contribution in [1.29, 1.82) is 0 Å². The van der Waals surface area contributed by atoms with Crippen LogP contribution >= 0.6 is 0 Å². The Morgan fingerprint density at radius 1 is 1.00 bits per heavy atom. The van der Waals surface area contributed by atoms with Crippen molar-refractivity contribution in [3.63, 3.8) is 0 Å². The summed E-state index contributed by atoms with van der Waals surface area (Å²) in [6.07, 6.45) is 4.59. The minimum absolute atomic E-state index is 0.0330. The number of hydrogen-bond acceptors (Lipinski definition) is 4. The van der Waals surface area contributed by atoms with Gasteiger partial charge in [0.1, 0.15) is 0 Å². The van der Waals surface area contributed by atoms with E-state index in [9.17, 15) is 13.2 Å². The van der Waals surface area contributed by atoms with Gasteiger partial charge in [0.15, 0.2) is 0 Å². The van der Waals surface area contributed by atoms with Gasteiger partial charge in [-0.05, 0) is 94.1 Å². The number of rotatable bonds is 6. The van der Waals surface area contributed by atoms with Gasteiger partial charge in [-0.15, -0.1) is 0 Å². The van der Waals surface area contributed by atoms with Gasteiger partial charge in [-0.2, -0.15) is 0 Å². The van der Waals surface area contributed by atoms with Crippen LogP contribution in [0.25, 0.3) is 0 Å². The number of carbonyl (C=O) groups is 1. The van der Waals surface area contributed by atoms with E-state index in [0.29, 0.717) is 16.8 Å². The number of carbonyl (C=O) groups excluding carboxylic acids is 1. The van der Waals surface area contributed by atoms with E-state index in [0.717, 1.165) is 44.6 Å². The third kappa shape index (κ3) is 4.93. The Labute approximate surface area is 185 Å². The summed E-state index contributed by atoms with van der Waals surface area (Å²) >= 11 is 0. The summed E-state index contributed by atoms with van der Waals surface area (Å²) in [4.78, 5) is 17.8. The van der Waals surface area contributed by atoms with Crippen LogP contribution in [-0.2, 0) is 10.0 Å². The lowest BCUT2D eigenvalue weighted by Crippen LogP contribution is -2.42. The molecule has 1 N–H and O–H groups in total. The highest BCUT2D eigenvalue weighted by molar-refractivity contribution is 7.92. The van der Waals surface area contributed by atoms with Gasteiger partial charge < -0.3 is 9.80 Å². The van der Waals surface area contributed by atoms with Crippen molar-refractivity contribution in [2.45, 2.75) is 50.5 Å². The van der Waals surface area contributed by atoms with E-state index in [1.54, 1.807) is 43.3 Å². The van der Waals surface area contributed by atoms with Crippen LogP contribution in [0.1, 0.15) is 47.2 Å². The molecule has 6 nitrogen and oxygen atoms in total. The molecular formula is C24H31N3O3S. The molecule has 0 aliphatic carbocycles. The van der Waals surface area contributed by atoms with Crippen molar-refractivity contribution in [2.75, 3.05) is 30.9 Å². The molecule has 0 aromatic heterocycles. The highest BCUT2D eigenvalue weighted by atomic mass is 32.2. The SMILES string of the molecule is Cc1ccc(C)c(S(=O)(=O)Nc2ccc(C(=O)N3CCCC3CN3CCCC3)cc2)c1. The fourth-order valence-electron chi connectivity index (χ4n) is 4.61. The normalized spacial score (nSPS) is 19.7. The molecule has 2 aliphatic heterocycles. The Bertz CT molecular complexity index is 1040. The number of nitrogens with one attached hydrogen (secondary N) is 1. The molecule has 0 radical (unpaired) electrons. The summed E-state index contributed by atoms with van der Waals surface area (Å²) in [7, 11) is -3.69. The Kier molecular flexibility index (Phi) is 6.34. The first kappa shape index (κ1) is 21.8. The number of hydrogen-bond donors (Lipinski definition) is 1. The molecule has 2 fully saturated rings. The molecule has 1 amide bonds. The molecule has 7 heteroatoms. The molecule has 2 saturated heterocycles. The van der Waals surface area contributed by atoms with E-state index in [1.165, 1.54) is 12.8 Å². The highest BCUT2D eigenvalue weighted by Gasteiger charge is 2.31. The quantitative estimate of drug-likeness (QED) is 0.740. The number of amides is 1. The lowest BCUT2D eigenvalue weighted by atomic mass is 10.1. The van der Waals surface area contributed by atoms with Crippen LogP contribution in [0.5, 0.6) is 0 Å². The van der Waals surface area contributed by atoms with Gasteiger partial charge in [0.05, 0.1) is 4.90 Å². The molecule has 0 saturated carbocycles. The zero-order valence-electron chi connectivity index (χ0n) is 18.3. The van der Waals surface area contributed by atoms with Crippen molar-refractivity contribution in [3.8, 4) is 0 Å². The molecule has 31 heavy (non-hydrogen) atoms. The third-order valence-electron chi connectivity index (χ3n) is 6.32. The maximum Gasteiger partial charge on any atom is 0.262 e. The third-order valence-corrected chi connectivity index (χ3v) is 7.85. The van der Waals surface area contributed by atoms with E-state index in [1.807, 2.05) is 17.9 Å². The Balaban J connectivity index is 1.45. The molecule has 2 aromatic rings. The first-order chi connectivity index (χ1) is 14.8. The van der Waals surface area contributed by atoms with Crippen LogP contribution in [0.2, 0.25) is 0 Å². The topological polar surface area (TPSA) is 69.7 Å². The van der Waals surface area contributed by atoms with E-state index < -0.39 is 10.0 Å². The van der Waals surface area contributed by atoms with Crippen LogP contribution in [0.3, 0.4) is 0 Å². The van der Waals surface area contributed by atoms with Gasteiger partial charge in [0.2, 0.25) is 0 Å². The fourth-order valence-corrected chi connectivity index (χ4v) is 6.00. The predicted molar refractivity (Wildman–Crippen MR) is 123 cm³/mol. The van der Waals surface area contributed by atoms with Crippen molar-refractivity contribution in [3.05, 3.63) is 59.2 Å². The minimum atomic E-state index is -3.69. The summed E-state index contributed by atoms with van der Waals surface area (Å²) in [5, 5.41) is 0. The molecule has 0 spiro atoms. The van der Waals surface area contributed by atoms with Gasteiger partial charge in [-0.25, -0.2) is 8.42 Å². The number of likely N-dealkylation sites (tertiary alicyclic amines) is 2. The minimum Gasteiger partial charge on any atom is -0.334 e. The summed E-state index contributed by atoms with van der Waals surface area (Å²) in [6, 6.07) is 12.4. The van der Waals surface area contributed by atoms with Gasteiger partial charge >= 0.3 is 0 Å². The summed E-state index contributed by atoms with van der Waals surface area (Å²) in [6.45, 7) is 7.66. The summed E-state index contributed by atoms with van der Waals surface area (Å²) in [5.41, 5.74) is 2.64. The number of nitrogens with zero attached hydrogens (tertiary/aromatic N) is 2. The first-order valence-corrected chi connectivity index (χ1v) is 12.6. The molecule has 4 rings (SSSR count). The van der Waals surface area contributed by atoms with E-state index in [4.69, 9.17) is 0 Å². The second-order valence-electron chi connectivity index (χ2n) is 8.75. The van der Waals surface area contributed by atoms with Gasteiger partial charge in [0.25, 0.3) is 15.9 Å². The average Bonchev–Trinajstić information content (AvgIpc) is 3.42. The summed E-state index contributed by atoms with van der Waals surface area (Å²) < 4.78 is 28.3. The zero-order valence-corrected chi connectivity index (χ0v) is 19.1. The molecule has 166 valence electrons. The maximum absolute atomic E-state index is 13.1. The first-order valence-electron chi connectivity index (χ1n) is 11.1. The van der Waals surface area contributed by atoms with E-state index >= 15 is 0 Å². The second-order valence-corrected chi connectivity index (χ2v) is 10.4. The largest absolute Gasteiger partial charge is 0.334 e. The van der Waals surface area contributed by atoms with Crippen LogP contribution in [-0.4, -0.2) is 56.3 Å². The molecule has 1 atom stereocenters. The molecule has 2 heterocycles. The Hall–Kier alpha value is -2.38. The Morgan fingerprint density at radius 2 is 1.71 bits per heavy atom. The fraction of sp³-hybridized carbons (Fsp3) is 0.458. The van der Waals surface area contributed by atoms with E-state index in [-0.39, 0.29) is 16.8 Å². The molecule has 2 aliphatic rings. The lowest BCUT2D eigenvalue weighted by molar-refractivity contribution is 0.0709. The van der Waals surface area contributed by atoms with Crippen LogP contribution in [0, 0.1) is 13.8 Å². The number of benzene rings is 2. The monoisotopic (exact) mass is 441 g/mol. The number of sulfonamides is 1. The van der Waals surface area contributed by atoms with Crippen molar-refractivity contribution >= 4 is 21.6 Å². The van der Waals surface area contributed by atoms with Crippen molar-refractivity contribution in [1.82, 2.24) is 9.80 Å². The summed E-state index contributed by atoms with van der Waals surface area (Å²) in [5.74, 6) is 0.0330. The van der Waals surface area contributed by atoms with Crippen LogP contribution in [0.4, 0.5) is 5.69 Å². The van der Waals surface area contributed by atoms with Gasteiger partial charge in [0, 0.05) is 30.4 Å². The Morgan fingerprint density at radius 3 is 2.42 bits per heavy atom. The second kappa shape index (κ2) is 9.01. The van der Waals surface area contributed by atoms with Crippen LogP contribution < -0.4 is 4.72 Å². The molecule has 0 bridgehead atoms. The zero-order chi connectivity index (χ0) is 22.0. The van der Waals surface area contributed by atoms with Crippen molar-refractivity contribution in [2.24, 2.45) is 0 Å². The maximum atomic E-state index is 13.1. The van der Waals surface area contributed by atoms with Gasteiger partial charge in [-0.3, -0.25) is 9.52 Å². The van der Waals surface area contributed by atoms with Crippen molar-refractivity contribution < 1.29 is 13.2 Å². The molecule has 2 aromatic carbocycles. The smallest absolute Gasteiger partial charge is 0.262 e. The molecular weight excluding hydrogens is 410 g/mol. The van der Waals surface area contributed by atoms with Crippen LogP contribution in [0.15, 0.2) is 47.4 Å². The number of anilines is 1. The standard InChI is InChI=1S/C24H31N3O3S/c1-18-7-8-19(2)23(16-18)31(29,30)25-21-11-9-20(10-12-21)24(28)27-15-5-6-22(27)17-26-13-3-4-14-26/h7-12,16,22,25H,3-6,13-15,17H2,1-2H3. The van der Waals surface area contributed by atoms with E-state index in [2.05, 4.69) is 9.62 Å². The molecule has 1 unspecified atom stereocenters. The lowest BCUT2D eigenvalue weighted by Gasteiger charge is -2.28. The predicted octanol–water partition coefficient (Wildman–Crippen LogP) is 3.80. The van der Waals surface area contributed by atoms with Gasteiger partial charge in [-0.1, -0.05) is 12.1 Å². The highest BCUT2D eigenvalue weighted by Crippen LogP contribution is 2.24. The average molecular weight is 442 g/mol. The number of aryl methyl sites for hydroxylation is 2.